The summed E-state index contributed by atoms with van der Waals surface area (Å²) in [6, 6.07) is 3.62. The summed E-state index contributed by atoms with van der Waals surface area (Å²) < 4.78 is 0.342. The van der Waals surface area contributed by atoms with Crippen molar-refractivity contribution >= 4 is 43.6 Å². The molecular weight excluding hydrogens is 324 g/mol. The van der Waals surface area contributed by atoms with E-state index in [1.807, 2.05) is 13.0 Å². The van der Waals surface area contributed by atoms with Gasteiger partial charge in [-0.25, -0.2) is 4.98 Å². The lowest BCUT2D eigenvalue weighted by Gasteiger charge is -2.15. The minimum absolute atomic E-state index is 0.114. The molecule has 1 heterocycles. The molecule has 3 nitrogen and oxygen atoms in total. The molecule has 0 spiro atoms. The normalized spacial score (nSPS) is 11.3. The molecule has 0 unspecified atom stereocenters. The van der Waals surface area contributed by atoms with Gasteiger partial charge in [0.1, 0.15) is 5.82 Å². The third-order valence-corrected chi connectivity index (χ3v) is 3.00. The molecule has 0 radical (unpaired) electrons. The van der Waals surface area contributed by atoms with E-state index in [9.17, 15) is 4.79 Å². The Labute approximate surface area is 106 Å². The second-order valence-electron chi connectivity index (χ2n) is 3.69. The van der Waals surface area contributed by atoms with E-state index in [0.29, 0.717) is 5.82 Å². The highest BCUT2D eigenvalue weighted by Crippen LogP contribution is 2.20. The molecule has 0 saturated carbocycles. The zero-order chi connectivity index (χ0) is 11.6. The summed E-state index contributed by atoms with van der Waals surface area (Å²) in [5.41, 5.74) is 0.847. The van der Waals surface area contributed by atoms with Gasteiger partial charge >= 0.3 is 0 Å². The fourth-order valence-corrected chi connectivity index (χ4v) is 1.20. The maximum atomic E-state index is 11.6. The zero-order valence-corrected chi connectivity index (χ0v) is 11.9. The largest absolute Gasteiger partial charge is 0.309 e. The Morgan fingerprint density at radius 3 is 2.53 bits per heavy atom. The molecule has 0 aliphatic rings. The second kappa shape index (κ2) is 4.61. The fraction of sp³-hybridized carbons (Fsp3) is 0.400. The van der Waals surface area contributed by atoms with Crippen LogP contribution < -0.4 is 5.32 Å². The van der Waals surface area contributed by atoms with Crippen molar-refractivity contribution in [2.75, 3.05) is 5.32 Å². The highest BCUT2D eigenvalue weighted by Gasteiger charge is 2.23. The van der Waals surface area contributed by atoms with E-state index in [2.05, 4.69) is 42.2 Å². The maximum absolute atomic E-state index is 11.6. The summed E-state index contributed by atoms with van der Waals surface area (Å²) in [7, 11) is 0. The van der Waals surface area contributed by atoms with Crippen molar-refractivity contribution in [2.24, 2.45) is 0 Å². The minimum atomic E-state index is -0.588. The molecule has 1 rings (SSSR count). The van der Waals surface area contributed by atoms with E-state index in [0.717, 1.165) is 10.2 Å². The van der Waals surface area contributed by atoms with Gasteiger partial charge in [-0.15, -0.1) is 0 Å². The first-order chi connectivity index (χ1) is 6.80. The standard InChI is InChI=1S/C10H12Br2N2O/c1-6-7(11)4-5-8(13-6)14-9(15)10(2,3)12/h4-5H,1-3H3,(H,13,14,15). The summed E-state index contributed by atoms with van der Waals surface area (Å²) in [4.78, 5) is 15.8. The predicted molar refractivity (Wildman–Crippen MR) is 68.3 cm³/mol. The van der Waals surface area contributed by atoms with Gasteiger partial charge in [-0.1, -0.05) is 15.9 Å². The Hall–Kier alpha value is -0.420. The zero-order valence-electron chi connectivity index (χ0n) is 8.77. The van der Waals surface area contributed by atoms with Crippen molar-refractivity contribution in [1.29, 1.82) is 0 Å². The van der Waals surface area contributed by atoms with E-state index in [1.165, 1.54) is 0 Å². The fourth-order valence-electron chi connectivity index (χ4n) is 0.879. The summed E-state index contributed by atoms with van der Waals surface area (Å²) in [5, 5.41) is 2.73. The van der Waals surface area contributed by atoms with E-state index in [4.69, 9.17) is 0 Å². The Balaban J connectivity index is 2.83. The first kappa shape index (κ1) is 12.6. The topological polar surface area (TPSA) is 42.0 Å². The molecule has 0 aliphatic carbocycles. The molecule has 0 atom stereocenters. The van der Waals surface area contributed by atoms with Crippen LogP contribution in [0.3, 0.4) is 0 Å². The second-order valence-corrected chi connectivity index (χ2v) is 6.53. The van der Waals surface area contributed by atoms with Crippen LogP contribution in [0.15, 0.2) is 16.6 Å². The number of pyridine rings is 1. The van der Waals surface area contributed by atoms with Crippen LogP contribution in [0.4, 0.5) is 5.82 Å². The highest BCUT2D eigenvalue weighted by molar-refractivity contribution is 9.10. The summed E-state index contributed by atoms with van der Waals surface area (Å²) >= 11 is 6.64. The average Bonchev–Trinajstić information content (AvgIpc) is 2.10. The van der Waals surface area contributed by atoms with Crippen LogP contribution in [0.5, 0.6) is 0 Å². The van der Waals surface area contributed by atoms with Gasteiger partial charge in [0, 0.05) is 4.47 Å². The Morgan fingerprint density at radius 2 is 2.07 bits per heavy atom. The SMILES string of the molecule is Cc1nc(NC(=O)C(C)(C)Br)ccc1Br. The maximum Gasteiger partial charge on any atom is 0.241 e. The Kier molecular flexibility index (Phi) is 3.89. The molecular formula is C10H12Br2N2O. The van der Waals surface area contributed by atoms with Gasteiger partial charge in [0.25, 0.3) is 0 Å². The number of nitrogens with zero attached hydrogens (tertiary/aromatic N) is 1. The number of amides is 1. The van der Waals surface area contributed by atoms with Crippen molar-refractivity contribution < 1.29 is 4.79 Å². The molecule has 5 heteroatoms. The van der Waals surface area contributed by atoms with Gasteiger partial charge in [-0.2, -0.15) is 0 Å². The number of hydrogen-bond donors (Lipinski definition) is 1. The van der Waals surface area contributed by atoms with Crippen molar-refractivity contribution in [3.8, 4) is 0 Å². The van der Waals surface area contributed by atoms with E-state index in [-0.39, 0.29) is 5.91 Å². The smallest absolute Gasteiger partial charge is 0.241 e. The molecule has 0 saturated heterocycles. The van der Waals surface area contributed by atoms with Gasteiger partial charge < -0.3 is 5.32 Å². The van der Waals surface area contributed by atoms with Gasteiger partial charge in [-0.05, 0) is 48.8 Å². The molecule has 1 aromatic heterocycles. The molecule has 1 N–H and O–H groups in total. The molecule has 0 aliphatic heterocycles. The molecule has 0 fully saturated rings. The van der Waals surface area contributed by atoms with Crippen molar-refractivity contribution in [1.82, 2.24) is 4.98 Å². The highest BCUT2D eigenvalue weighted by atomic mass is 79.9. The number of hydrogen-bond acceptors (Lipinski definition) is 2. The van der Waals surface area contributed by atoms with E-state index < -0.39 is 4.32 Å². The van der Waals surface area contributed by atoms with E-state index in [1.54, 1.807) is 19.9 Å². The number of carbonyl (C=O) groups is 1. The summed E-state index contributed by atoms with van der Waals surface area (Å²) in [6.07, 6.45) is 0. The third kappa shape index (κ3) is 3.57. The number of rotatable bonds is 2. The van der Waals surface area contributed by atoms with Crippen LogP contribution in [-0.2, 0) is 4.79 Å². The molecule has 15 heavy (non-hydrogen) atoms. The average molecular weight is 336 g/mol. The summed E-state index contributed by atoms with van der Waals surface area (Å²) in [5.74, 6) is 0.449. The van der Waals surface area contributed by atoms with Crippen molar-refractivity contribution in [3.63, 3.8) is 0 Å². The first-order valence-electron chi connectivity index (χ1n) is 4.44. The van der Waals surface area contributed by atoms with Crippen LogP contribution in [0, 0.1) is 6.92 Å². The predicted octanol–water partition coefficient (Wildman–Crippen LogP) is 3.26. The summed E-state index contributed by atoms with van der Waals surface area (Å²) in [6.45, 7) is 5.45. The van der Waals surface area contributed by atoms with Gasteiger partial charge in [0.05, 0.1) is 10.0 Å². The van der Waals surface area contributed by atoms with Crippen LogP contribution >= 0.6 is 31.9 Å². The molecule has 1 aromatic rings. The monoisotopic (exact) mass is 334 g/mol. The van der Waals surface area contributed by atoms with Crippen LogP contribution in [-0.4, -0.2) is 15.2 Å². The molecule has 0 bridgehead atoms. The minimum Gasteiger partial charge on any atom is -0.309 e. The Morgan fingerprint density at radius 1 is 1.47 bits per heavy atom. The number of nitrogens with one attached hydrogen (secondary N) is 1. The quantitative estimate of drug-likeness (QED) is 0.843. The molecule has 82 valence electrons. The number of carbonyl (C=O) groups excluding carboxylic acids is 1. The lowest BCUT2D eigenvalue weighted by Crippen LogP contribution is -2.31. The van der Waals surface area contributed by atoms with Gasteiger partial charge in [0.2, 0.25) is 5.91 Å². The number of alkyl halides is 1. The number of aryl methyl sites for hydroxylation is 1. The lowest BCUT2D eigenvalue weighted by atomic mass is 10.2. The van der Waals surface area contributed by atoms with Crippen molar-refractivity contribution in [3.05, 3.63) is 22.3 Å². The van der Waals surface area contributed by atoms with Gasteiger partial charge in [0.15, 0.2) is 0 Å². The number of aromatic nitrogens is 1. The number of anilines is 1. The van der Waals surface area contributed by atoms with Crippen LogP contribution in [0.25, 0.3) is 0 Å². The molecule has 0 aromatic carbocycles. The van der Waals surface area contributed by atoms with Gasteiger partial charge in [-0.3, -0.25) is 4.79 Å². The third-order valence-electron chi connectivity index (χ3n) is 1.80. The van der Waals surface area contributed by atoms with Crippen LogP contribution in [0.1, 0.15) is 19.5 Å². The lowest BCUT2D eigenvalue weighted by molar-refractivity contribution is -0.117. The van der Waals surface area contributed by atoms with Crippen LogP contribution in [0.2, 0.25) is 0 Å². The van der Waals surface area contributed by atoms with E-state index >= 15 is 0 Å². The first-order valence-corrected chi connectivity index (χ1v) is 6.03. The Bertz CT molecular complexity index is 385. The number of halogens is 2. The molecule has 1 amide bonds. The van der Waals surface area contributed by atoms with Crippen molar-refractivity contribution in [2.45, 2.75) is 25.1 Å².